The molecule has 0 atom stereocenters. The minimum Gasteiger partial charge on any atom is -0.236 e. The maximum absolute atomic E-state index is 12.9. The van der Waals surface area contributed by atoms with E-state index in [0.717, 1.165) is 11.6 Å². The molecule has 76 valence electrons. The van der Waals surface area contributed by atoms with Gasteiger partial charge in [-0.1, -0.05) is 0 Å². The third kappa shape index (κ3) is 2.15. The average molecular weight is 206 g/mol. The van der Waals surface area contributed by atoms with Crippen LogP contribution in [-0.4, -0.2) is 9.97 Å². The summed E-state index contributed by atoms with van der Waals surface area (Å²) in [6.07, 6.45) is 3.20. The predicted molar refractivity (Wildman–Crippen MR) is 52.1 cm³/mol. The first-order chi connectivity index (χ1) is 7.15. The molecule has 15 heavy (non-hydrogen) atoms. The smallest absolute Gasteiger partial charge is 0.159 e. The Labute approximate surface area is 85.6 Å². The van der Waals surface area contributed by atoms with Gasteiger partial charge < -0.3 is 0 Å². The van der Waals surface area contributed by atoms with E-state index in [1.807, 2.05) is 6.92 Å². The summed E-state index contributed by atoms with van der Waals surface area (Å²) in [6, 6.07) is 3.22. The van der Waals surface area contributed by atoms with Crippen LogP contribution in [0.25, 0.3) is 11.4 Å². The minimum absolute atomic E-state index is 0.319. The van der Waals surface area contributed by atoms with Gasteiger partial charge in [-0.05, 0) is 24.6 Å². The minimum atomic E-state index is -0.630. The highest BCUT2D eigenvalue weighted by molar-refractivity contribution is 5.54. The number of benzene rings is 1. The molecule has 2 rings (SSSR count). The molecular formula is C11H8F2N2. The number of nitrogens with zero attached hydrogens (tertiary/aromatic N) is 2. The Morgan fingerprint density at radius 2 is 1.47 bits per heavy atom. The van der Waals surface area contributed by atoms with Crippen molar-refractivity contribution in [1.29, 1.82) is 0 Å². The molecule has 2 nitrogen and oxygen atoms in total. The van der Waals surface area contributed by atoms with E-state index in [-0.39, 0.29) is 0 Å². The fourth-order valence-electron chi connectivity index (χ4n) is 1.22. The van der Waals surface area contributed by atoms with Gasteiger partial charge in [0.1, 0.15) is 11.6 Å². The molecule has 0 unspecified atom stereocenters. The molecule has 1 aromatic carbocycles. The van der Waals surface area contributed by atoms with E-state index >= 15 is 0 Å². The SMILES string of the molecule is Cc1cnc(-c2cc(F)cc(F)c2)nc1. The summed E-state index contributed by atoms with van der Waals surface area (Å²) >= 11 is 0. The van der Waals surface area contributed by atoms with Gasteiger partial charge in [0.2, 0.25) is 0 Å². The predicted octanol–water partition coefficient (Wildman–Crippen LogP) is 2.73. The lowest BCUT2D eigenvalue weighted by atomic mass is 10.2. The number of aromatic nitrogens is 2. The number of rotatable bonds is 1. The lowest BCUT2D eigenvalue weighted by molar-refractivity contribution is 0.584. The zero-order valence-electron chi connectivity index (χ0n) is 8.04. The highest BCUT2D eigenvalue weighted by Gasteiger charge is 2.04. The van der Waals surface area contributed by atoms with Gasteiger partial charge >= 0.3 is 0 Å². The number of hydrogen-bond acceptors (Lipinski definition) is 2. The molecule has 0 amide bonds. The van der Waals surface area contributed by atoms with Crippen LogP contribution in [0.15, 0.2) is 30.6 Å². The molecule has 0 fully saturated rings. The van der Waals surface area contributed by atoms with Gasteiger partial charge in [0.15, 0.2) is 5.82 Å². The highest BCUT2D eigenvalue weighted by Crippen LogP contribution is 2.17. The normalized spacial score (nSPS) is 10.3. The molecule has 0 N–H and O–H groups in total. The molecular weight excluding hydrogens is 198 g/mol. The molecule has 0 aliphatic rings. The van der Waals surface area contributed by atoms with E-state index in [0.29, 0.717) is 11.4 Å². The summed E-state index contributed by atoms with van der Waals surface area (Å²) in [4.78, 5) is 7.97. The van der Waals surface area contributed by atoms with Crippen molar-refractivity contribution in [1.82, 2.24) is 9.97 Å². The molecule has 0 saturated carbocycles. The van der Waals surface area contributed by atoms with E-state index in [9.17, 15) is 8.78 Å². The van der Waals surface area contributed by atoms with E-state index in [1.165, 1.54) is 12.1 Å². The number of hydrogen-bond donors (Lipinski definition) is 0. The maximum Gasteiger partial charge on any atom is 0.159 e. The Kier molecular flexibility index (Phi) is 2.41. The second-order valence-corrected chi connectivity index (χ2v) is 3.24. The topological polar surface area (TPSA) is 25.8 Å². The first kappa shape index (κ1) is 9.71. The van der Waals surface area contributed by atoms with Crippen molar-refractivity contribution in [3.8, 4) is 11.4 Å². The van der Waals surface area contributed by atoms with Crippen molar-refractivity contribution in [2.45, 2.75) is 6.92 Å². The van der Waals surface area contributed by atoms with Gasteiger partial charge in [-0.2, -0.15) is 0 Å². The van der Waals surface area contributed by atoms with Gasteiger partial charge in [0.25, 0.3) is 0 Å². The molecule has 4 heteroatoms. The van der Waals surface area contributed by atoms with Gasteiger partial charge in [-0.25, -0.2) is 18.7 Å². The fraction of sp³-hybridized carbons (Fsp3) is 0.0909. The summed E-state index contributed by atoms with van der Waals surface area (Å²) in [5.74, 6) is -0.942. The third-order valence-electron chi connectivity index (χ3n) is 1.90. The second kappa shape index (κ2) is 3.73. The first-order valence-corrected chi connectivity index (χ1v) is 4.40. The van der Waals surface area contributed by atoms with Crippen LogP contribution < -0.4 is 0 Å². The Morgan fingerprint density at radius 3 is 2.00 bits per heavy atom. The van der Waals surface area contributed by atoms with Crippen LogP contribution >= 0.6 is 0 Å². The molecule has 0 saturated heterocycles. The van der Waals surface area contributed by atoms with Crippen molar-refractivity contribution in [2.24, 2.45) is 0 Å². The largest absolute Gasteiger partial charge is 0.236 e. The average Bonchev–Trinajstić information content (AvgIpc) is 2.17. The van der Waals surface area contributed by atoms with E-state index in [1.54, 1.807) is 12.4 Å². The standard InChI is InChI=1S/C11H8F2N2/c1-7-5-14-11(15-6-7)8-2-9(12)4-10(13)3-8/h2-6H,1H3. The van der Waals surface area contributed by atoms with Crippen molar-refractivity contribution < 1.29 is 8.78 Å². The summed E-state index contributed by atoms with van der Waals surface area (Å²) in [7, 11) is 0. The summed E-state index contributed by atoms with van der Waals surface area (Å²) in [5.41, 5.74) is 1.24. The molecule has 2 aromatic rings. The second-order valence-electron chi connectivity index (χ2n) is 3.24. The van der Waals surface area contributed by atoms with E-state index < -0.39 is 11.6 Å². The van der Waals surface area contributed by atoms with E-state index in [2.05, 4.69) is 9.97 Å². The Balaban J connectivity index is 2.49. The van der Waals surface area contributed by atoms with E-state index in [4.69, 9.17) is 0 Å². The lowest BCUT2D eigenvalue weighted by Gasteiger charge is -2.00. The molecule has 0 bridgehead atoms. The van der Waals surface area contributed by atoms with Crippen LogP contribution in [0.5, 0.6) is 0 Å². The zero-order valence-corrected chi connectivity index (χ0v) is 8.04. The molecule has 0 aliphatic carbocycles. The van der Waals surface area contributed by atoms with Crippen LogP contribution in [0.4, 0.5) is 8.78 Å². The summed E-state index contributed by atoms with van der Waals surface area (Å²) < 4.78 is 25.8. The van der Waals surface area contributed by atoms with Crippen LogP contribution in [0.3, 0.4) is 0 Å². The Bertz CT molecular complexity index is 460. The van der Waals surface area contributed by atoms with Crippen LogP contribution in [-0.2, 0) is 0 Å². The lowest BCUT2D eigenvalue weighted by Crippen LogP contribution is -1.91. The monoisotopic (exact) mass is 206 g/mol. The first-order valence-electron chi connectivity index (χ1n) is 4.40. The Morgan fingerprint density at radius 1 is 0.933 bits per heavy atom. The fourth-order valence-corrected chi connectivity index (χ4v) is 1.22. The van der Waals surface area contributed by atoms with Crippen molar-refractivity contribution >= 4 is 0 Å². The third-order valence-corrected chi connectivity index (χ3v) is 1.90. The molecule has 0 aliphatic heterocycles. The summed E-state index contributed by atoms with van der Waals surface area (Å²) in [5, 5.41) is 0. The molecule has 1 heterocycles. The van der Waals surface area contributed by atoms with Crippen LogP contribution in [0.2, 0.25) is 0 Å². The highest BCUT2D eigenvalue weighted by atomic mass is 19.1. The van der Waals surface area contributed by atoms with Crippen LogP contribution in [0, 0.1) is 18.6 Å². The summed E-state index contributed by atoms with van der Waals surface area (Å²) in [6.45, 7) is 1.84. The quantitative estimate of drug-likeness (QED) is 0.716. The zero-order chi connectivity index (χ0) is 10.8. The van der Waals surface area contributed by atoms with Crippen molar-refractivity contribution in [3.05, 3.63) is 47.8 Å². The maximum atomic E-state index is 12.9. The van der Waals surface area contributed by atoms with Gasteiger partial charge in [-0.15, -0.1) is 0 Å². The van der Waals surface area contributed by atoms with Crippen molar-refractivity contribution in [2.75, 3.05) is 0 Å². The van der Waals surface area contributed by atoms with Gasteiger partial charge in [0, 0.05) is 24.0 Å². The molecule has 0 spiro atoms. The van der Waals surface area contributed by atoms with Crippen LogP contribution in [0.1, 0.15) is 5.56 Å². The number of halogens is 2. The number of aryl methyl sites for hydroxylation is 1. The van der Waals surface area contributed by atoms with Gasteiger partial charge in [0.05, 0.1) is 0 Å². The van der Waals surface area contributed by atoms with Crippen molar-refractivity contribution in [3.63, 3.8) is 0 Å². The molecule has 0 radical (unpaired) electrons. The van der Waals surface area contributed by atoms with Gasteiger partial charge in [-0.3, -0.25) is 0 Å². The molecule has 1 aromatic heterocycles. The Hall–Kier alpha value is -1.84.